The maximum Gasteiger partial charge on any atom is 0.130 e. The van der Waals surface area contributed by atoms with Gasteiger partial charge in [-0.15, -0.1) is 0 Å². The zero-order chi connectivity index (χ0) is 42.2. The Balaban J connectivity index is 1.40. The summed E-state index contributed by atoms with van der Waals surface area (Å²) >= 11 is 3.65. The van der Waals surface area contributed by atoms with Crippen LogP contribution >= 0.6 is 15.9 Å². The SMILES string of the molecule is CCCCCCOc1ccc(-c2ccc(N(c3ccc(Br)cc3)c3ccc(-c4ccc(OCCCCCC)cc4OCCCCCC)cc3)cc2)c(OCCCCCC)c1. The quantitative estimate of drug-likeness (QED) is 0.0448. The molecule has 322 valence electrons. The zero-order valence-electron chi connectivity index (χ0n) is 37.0. The predicted molar refractivity (Wildman–Crippen MR) is 258 cm³/mol. The highest BCUT2D eigenvalue weighted by Crippen LogP contribution is 2.41. The molecule has 6 heteroatoms. The van der Waals surface area contributed by atoms with Crippen LogP contribution in [-0.2, 0) is 0 Å². The number of halogens is 1. The van der Waals surface area contributed by atoms with Gasteiger partial charge in [0.25, 0.3) is 0 Å². The number of ether oxygens (including phenoxy) is 4. The fourth-order valence-electron chi connectivity index (χ4n) is 7.38. The van der Waals surface area contributed by atoms with E-state index in [1.54, 1.807) is 0 Å². The number of rotatable bonds is 29. The van der Waals surface area contributed by atoms with E-state index in [9.17, 15) is 0 Å². The Kier molecular flexibility index (Phi) is 20.8. The summed E-state index contributed by atoms with van der Waals surface area (Å²) in [4.78, 5) is 2.31. The van der Waals surface area contributed by atoms with E-state index in [2.05, 4.69) is 158 Å². The van der Waals surface area contributed by atoms with Gasteiger partial charge in [0, 0.05) is 44.8 Å². The molecule has 0 radical (unpaired) electrons. The van der Waals surface area contributed by atoms with Crippen molar-refractivity contribution in [2.75, 3.05) is 31.3 Å². The molecule has 5 rings (SSSR count). The standard InChI is InChI=1S/C54H70BrNO4/c1-5-9-13-17-37-57-49-33-35-51(53(41-49)59-39-19-15-11-7-3)43-21-27-46(28-22-43)56(48-31-25-45(55)26-32-48)47-29-23-44(24-30-47)52-36-34-50(58-38-18-14-10-6-2)42-54(52)60-40-20-16-12-8-4/h21-36,41-42H,5-20,37-40H2,1-4H3. The van der Waals surface area contributed by atoms with Crippen molar-refractivity contribution in [1.82, 2.24) is 0 Å². The van der Waals surface area contributed by atoms with Crippen LogP contribution in [0.2, 0.25) is 0 Å². The van der Waals surface area contributed by atoms with Crippen LogP contribution in [0.5, 0.6) is 23.0 Å². The van der Waals surface area contributed by atoms with Gasteiger partial charge in [-0.3, -0.25) is 0 Å². The lowest BCUT2D eigenvalue weighted by Gasteiger charge is -2.26. The summed E-state index contributed by atoms with van der Waals surface area (Å²) in [6, 6.07) is 38.8. The molecule has 0 bridgehead atoms. The molecule has 5 aromatic rings. The Morgan fingerprint density at radius 1 is 0.367 bits per heavy atom. The Bertz CT molecular complexity index is 1810. The zero-order valence-corrected chi connectivity index (χ0v) is 38.6. The first-order valence-corrected chi connectivity index (χ1v) is 23.9. The van der Waals surface area contributed by atoms with Crippen LogP contribution in [0.3, 0.4) is 0 Å². The molecule has 0 spiro atoms. The van der Waals surface area contributed by atoms with E-state index in [1.165, 1.54) is 77.0 Å². The van der Waals surface area contributed by atoms with Crippen LogP contribution in [0.1, 0.15) is 130 Å². The van der Waals surface area contributed by atoms with Crippen LogP contribution in [-0.4, -0.2) is 26.4 Å². The van der Waals surface area contributed by atoms with Gasteiger partial charge in [0.1, 0.15) is 23.0 Å². The van der Waals surface area contributed by atoms with Gasteiger partial charge >= 0.3 is 0 Å². The second kappa shape index (κ2) is 26.7. The summed E-state index contributed by atoms with van der Waals surface area (Å²) < 4.78 is 26.4. The first kappa shape index (κ1) is 46.6. The third-order valence-electron chi connectivity index (χ3n) is 10.9. The Labute approximate surface area is 370 Å². The molecule has 5 aromatic carbocycles. The highest BCUT2D eigenvalue weighted by Gasteiger charge is 2.16. The highest BCUT2D eigenvalue weighted by molar-refractivity contribution is 9.10. The van der Waals surface area contributed by atoms with Crippen molar-refractivity contribution < 1.29 is 18.9 Å². The molecular weight excluding hydrogens is 807 g/mol. The molecule has 0 atom stereocenters. The van der Waals surface area contributed by atoms with Crippen molar-refractivity contribution in [3.8, 4) is 45.3 Å². The number of hydrogen-bond acceptors (Lipinski definition) is 5. The fourth-order valence-corrected chi connectivity index (χ4v) is 7.64. The van der Waals surface area contributed by atoms with E-state index < -0.39 is 0 Å². The first-order valence-electron chi connectivity index (χ1n) is 23.1. The molecule has 0 fully saturated rings. The predicted octanol–water partition coefficient (Wildman–Crippen LogP) is 17.1. The molecule has 0 aliphatic heterocycles. The average molecular weight is 877 g/mol. The van der Waals surface area contributed by atoms with E-state index in [4.69, 9.17) is 18.9 Å². The highest BCUT2D eigenvalue weighted by atomic mass is 79.9. The Morgan fingerprint density at radius 2 is 0.700 bits per heavy atom. The topological polar surface area (TPSA) is 40.2 Å². The van der Waals surface area contributed by atoms with Crippen LogP contribution < -0.4 is 23.8 Å². The molecule has 0 N–H and O–H groups in total. The Hall–Kier alpha value is -4.42. The van der Waals surface area contributed by atoms with Gasteiger partial charge in [0.15, 0.2) is 0 Å². The van der Waals surface area contributed by atoms with Gasteiger partial charge in [-0.2, -0.15) is 0 Å². The first-order chi connectivity index (χ1) is 29.5. The van der Waals surface area contributed by atoms with Crippen molar-refractivity contribution in [3.63, 3.8) is 0 Å². The van der Waals surface area contributed by atoms with Crippen LogP contribution in [0.15, 0.2) is 114 Å². The van der Waals surface area contributed by atoms with Crippen molar-refractivity contribution >= 4 is 33.0 Å². The molecule has 0 aromatic heterocycles. The molecule has 0 aliphatic rings. The number of unbranched alkanes of at least 4 members (excludes halogenated alkanes) is 12. The van der Waals surface area contributed by atoms with Crippen molar-refractivity contribution in [2.24, 2.45) is 0 Å². The molecular formula is C54H70BrNO4. The van der Waals surface area contributed by atoms with E-state index in [0.29, 0.717) is 13.2 Å². The van der Waals surface area contributed by atoms with Crippen molar-refractivity contribution in [1.29, 1.82) is 0 Å². The largest absolute Gasteiger partial charge is 0.493 e. The molecule has 0 unspecified atom stereocenters. The lowest BCUT2D eigenvalue weighted by Crippen LogP contribution is -2.09. The lowest BCUT2D eigenvalue weighted by atomic mass is 10.0. The summed E-state index contributed by atoms with van der Waals surface area (Å²) in [5.41, 5.74) is 7.58. The van der Waals surface area contributed by atoms with Gasteiger partial charge in [-0.05, 0) is 110 Å². The van der Waals surface area contributed by atoms with Gasteiger partial charge in [0.2, 0.25) is 0 Å². The lowest BCUT2D eigenvalue weighted by molar-refractivity contribution is 0.291. The summed E-state index contributed by atoms with van der Waals surface area (Å²) in [6.07, 6.45) is 18.8. The third-order valence-corrected chi connectivity index (χ3v) is 11.4. The maximum atomic E-state index is 6.47. The number of hydrogen-bond donors (Lipinski definition) is 0. The minimum absolute atomic E-state index is 0.696. The fraction of sp³-hybridized carbons (Fsp3) is 0.444. The minimum atomic E-state index is 0.696. The number of nitrogens with zero attached hydrogens (tertiary/aromatic N) is 1. The molecule has 5 nitrogen and oxygen atoms in total. The summed E-state index contributed by atoms with van der Waals surface area (Å²) in [7, 11) is 0. The molecule has 0 saturated carbocycles. The maximum absolute atomic E-state index is 6.47. The van der Waals surface area contributed by atoms with Gasteiger partial charge < -0.3 is 23.8 Å². The summed E-state index contributed by atoms with van der Waals surface area (Å²) in [5, 5.41) is 0. The number of benzene rings is 5. The van der Waals surface area contributed by atoms with E-state index in [0.717, 1.165) is 106 Å². The second-order valence-corrected chi connectivity index (χ2v) is 16.8. The van der Waals surface area contributed by atoms with Crippen molar-refractivity contribution in [3.05, 3.63) is 114 Å². The monoisotopic (exact) mass is 875 g/mol. The van der Waals surface area contributed by atoms with E-state index in [1.807, 2.05) is 0 Å². The smallest absolute Gasteiger partial charge is 0.130 e. The minimum Gasteiger partial charge on any atom is -0.493 e. The number of anilines is 3. The Morgan fingerprint density at radius 3 is 1.05 bits per heavy atom. The van der Waals surface area contributed by atoms with Gasteiger partial charge in [-0.25, -0.2) is 0 Å². The third kappa shape index (κ3) is 14.9. The molecule has 60 heavy (non-hydrogen) atoms. The van der Waals surface area contributed by atoms with Crippen LogP contribution in [0.25, 0.3) is 22.3 Å². The summed E-state index contributed by atoms with van der Waals surface area (Å²) in [6.45, 7) is 11.8. The molecule has 0 saturated heterocycles. The average Bonchev–Trinajstić information content (AvgIpc) is 3.27. The van der Waals surface area contributed by atoms with Crippen molar-refractivity contribution in [2.45, 2.75) is 130 Å². The van der Waals surface area contributed by atoms with E-state index >= 15 is 0 Å². The summed E-state index contributed by atoms with van der Waals surface area (Å²) in [5.74, 6) is 3.49. The molecule has 0 heterocycles. The molecule has 0 aliphatic carbocycles. The van der Waals surface area contributed by atoms with Crippen LogP contribution in [0, 0.1) is 0 Å². The van der Waals surface area contributed by atoms with E-state index in [-0.39, 0.29) is 0 Å². The van der Waals surface area contributed by atoms with Gasteiger partial charge in [-0.1, -0.05) is 145 Å². The molecule has 0 amide bonds. The second-order valence-electron chi connectivity index (χ2n) is 15.9. The normalized spacial score (nSPS) is 11.1. The van der Waals surface area contributed by atoms with Gasteiger partial charge in [0.05, 0.1) is 26.4 Å². The van der Waals surface area contributed by atoms with Crippen LogP contribution in [0.4, 0.5) is 17.1 Å².